The number of benzene rings is 1. The van der Waals surface area contributed by atoms with Crippen molar-refractivity contribution in [2.45, 2.75) is 110 Å². The predicted molar refractivity (Wildman–Crippen MR) is 118 cm³/mol. The Bertz CT molecular complexity index is 726. The second-order valence-electron chi connectivity index (χ2n) is 10.3. The minimum absolute atomic E-state index is 0.0478. The van der Waals surface area contributed by atoms with Gasteiger partial charge in [-0.1, -0.05) is 58.1 Å². The van der Waals surface area contributed by atoms with Crippen LogP contribution >= 0.6 is 0 Å². The molecule has 0 fully saturated rings. The van der Waals surface area contributed by atoms with Crippen molar-refractivity contribution in [1.29, 1.82) is 0 Å². The molecule has 2 atom stereocenters. The van der Waals surface area contributed by atoms with Gasteiger partial charge in [0.05, 0.1) is 0 Å². The molecule has 1 N–H and O–H groups in total. The molecule has 3 rings (SSSR count). The van der Waals surface area contributed by atoms with Gasteiger partial charge < -0.3 is 9.84 Å². The molecule has 2 heteroatoms. The van der Waals surface area contributed by atoms with Gasteiger partial charge in [-0.3, -0.25) is 0 Å². The summed E-state index contributed by atoms with van der Waals surface area (Å²) in [7, 11) is 0. The van der Waals surface area contributed by atoms with E-state index in [0.29, 0.717) is 17.6 Å². The number of rotatable bonds is 6. The first kappa shape index (κ1) is 21.3. The van der Waals surface area contributed by atoms with Gasteiger partial charge in [0.2, 0.25) is 0 Å². The first-order valence-electron chi connectivity index (χ1n) is 11.4. The van der Waals surface area contributed by atoms with E-state index in [1.165, 1.54) is 36.8 Å². The minimum Gasteiger partial charge on any atom is -0.508 e. The van der Waals surface area contributed by atoms with Crippen molar-refractivity contribution in [1.82, 2.24) is 0 Å². The molecule has 0 spiro atoms. The molecule has 0 saturated carbocycles. The van der Waals surface area contributed by atoms with Crippen molar-refractivity contribution in [2.24, 2.45) is 5.92 Å². The number of aromatic hydroxyl groups is 1. The molecular formula is C26H40O2. The van der Waals surface area contributed by atoms with Gasteiger partial charge in [-0.15, -0.1) is 0 Å². The number of phenols is 1. The van der Waals surface area contributed by atoms with E-state index in [1.807, 2.05) is 6.07 Å². The van der Waals surface area contributed by atoms with Crippen molar-refractivity contribution < 1.29 is 9.84 Å². The molecule has 1 aromatic carbocycles. The Morgan fingerprint density at radius 1 is 1.18 bits per heavy atom. The molecule has 0 unspecified atom stereocenters. The number of hydrogen-bond acceptors (Lipinski definition) is 2. The highest BCUT2D eigenvalue weighted by molar-refractivity contribution is 5.53. The van der Waals surface area contributed by atoms with Crippen molar-refractivity contribution in [3.8, 4) is 11.5 Å². The molecule has 156 valence electrons. The van der Waals surface area contributed by atoms with Crippen LogP contribution in [0.2, 0.25) is 0 Å². The van der Waals surface area contributed by atoms with Crippen molar-refractivity contribution in [3.05, 3.63) is 34.9 Å². The third-order valence-corrected chi connectivity index (χ3v) is 7.25. The van der Waals surface area contributed by atoms with Gasteiger partial charge in [0.25, 0.3) is 0 Å². The smallest absolute Gasteiger partial charge is 0.127 e. The summed E-state index contributed by atoms with van der Waals surface area (Å²) in [6, 6.07) is 4.26. The van der Waals surface area contributed by atoms with E-state index < -0.39 is 0 Å². The summed E-state index contributed by atoms with van der Waals surface area (Å²) < 4.78 is 6.55. The zero-order valence-electron chi connectivity index (χ0n) is 18.9. The fraction of sp³-hybridized carbons (Fsp3) is 0.692. The molecule has 0 aromatic heterocycles. The summed E-state index contributed by atoms with van der Waals surface area (Å²) in [6.07, 6.45) is 11.9. The molecule has 2 aliphatic rings. The number of unbranched alkanes of at least 4 members (excludes halogenated alkanes) is 3. The fourth-order valence-electron chi connectivity index (χ4n) is 5.25. The number of hydrogen-bond donors (Lipinski definition) is 1. The lowest BCUT2D eigenvalue weighted by Crippen LogP contribution is -2.44. The molecule has 1 aromatic rings. The van der Waals surface area contributed by atoms with E-state index in [0.717, 1.165) is 37.0 Å². The first-order chi connectivity index (χ1) is 13.2. The Morgan fingerprint density at radius 3 is 2.64 bits per heavy atom. The van der Waals surface area contributed by atoms with Gasteiger partial charge in [0, 0.05) is 11.5 Å². The first-order valence-corrected chi connectivity index (χ1v) is 11.4. The Morgan fingerprint density at radius 2 is 1.93 bits per heavy atom. The molecule has 0 bridgehead atoms. The lowest BCUT2D eigenvalue weighted by Gasteiger charge is -2.45. The number of allylic oxidation sites excluding steroid dienone is 2. The maximum Gasteiger partial charge on any atom is 0.127 e. The molecule has 0 radical (unpaired) electrons. The second kappa shape index (κ2) is 8.13. The van der Waals surface area contributed by atoms with Crippen LogP contribution in [0.3, 0.4) is 0 Å². The quantitative estimate of drug-likeness (QED) is 0.403. The number of ether oxygens (including phenoxy) is 1. The summed E-state index contributed by atoms with van der Waals surface area (Å²) in [6.45, 7) is 13.5. The molecular weight excluding hydrogens is 344 g/mol. The van der Waals surface area contributed by atoms with Crippen molar-refractivity contribution in [3.63, 3.8) is 0 Å². The van der Waals surface area contributed by atoms with Gasteiger partial charge in [0.1, 0.15) is 17.1 Å². The molecule has 0 amide bonds. The van der Waals surface area contributed by atoms with Crippen LogP contribution in [0.4, 0.5) is 0 Å². The van der Waals surface area contributed by atoms with Crippen LogP contribution in [0.15, 0.2) is 23.8 Å². The van der Waals surface area contributed by atoms with Gasteiger partial charge in [0.15, 0.2) is 0 Å². The van der Waals surface area contributed by atoms with Crippen LogP contribution in [0.1, 0.15) is 110 Å². The summed E-state index contributed by atoms with van der Waals surface area (Å²) in [5.41, 5.74) is 3.56. The Balaban J connectivity index is 1.92. The van der Waals surface area contributed by atoms with E-state index >= 15 is 0 Å². The topological polar surface area (TPSA) is 29.5 Å². The van der Waals surface area contributed by atoms with Crippen molar-refractivity contribution in [2.75, 3.05) is 0 Å². The monoisotopic (exact) mass is 384 g/mol. The SMILES string of the molecule is CCCCCCC(C)(C)c1cc(O)c2c(c1)OC(C)(C)[C@@H]1CC=C(C)CC[C@@H]21. The largest absolute Gasteiger partial charge is 0.508 e. The third-order valence-electron chi connectivity index (χ3n) is 7.25. The normalized spacial score (nSPS) is 23.9. The molecule has 28 heavy (non-hydrogen) atoms. The number of fused-ring (bicyclic) bond motifs is 3. The maximum atomic E-state index is 11.1. The molecule has 1 heterocycles. The summed E-state index contributed by atoms with van der Waals surface area (Å²) in [5, 5.41) is 11.1. The highest BCUT2D eigenvalue weighted by Gasteiger charge is 2.45. The molecule has 2 nitrogen and oxygen atoms in total. The number of phenolic OH excluding ortho intramolecular Hbond substituents is 1. The van der Waals surface area contributed by atoms with Gasteiger partial charge in [-0.05, 0) is 75.5 Å². The van der Waals surface area contributed by atoms with Gasteiger partial charge in [-0.2, -0.15) is 0 Å². The average Bonchev–Trinajstić information content (AvgIpc) is 2.80. The van der Waals surface area contributed by atoms with Crippen LogP contribution in [-0.4, -0.2) is 10.7 Å². The lowest BCUT2D eigenvalue weighted by atomic mass is 9.70. The highest BCUT2D eigenvalue weighted by Crippen LogP contribution is 2.54. The summed E-state index contributed by atoms with van der Waals surface area (Å²) in [4.78, 5) is 0. The predicted octanol–water partition coefficient (Wildman–Crippen LogP) is 7.64. The van der Waals surface area contributed by atoms with Crippen molar-refractivity contribution >= 4 is 0 Å². The zero-order valence-corrected chi connectivity index (χ0v) is 18.9. The molecule has 0 saturated heterocycles. The zero-order chi connectivity index (χ0) is 20.5. The highest BCUT2D eigenvalue weighted by atomic mass is 16.5. The average molecular weight is 385 g/mol. The minimum atomic E-state index is -0.213. The second-order valence-corrected chi connectivity index (χ2v) is 10.3. The van der Waals surface area contributed by atoms with Crippen LogP contribution < -0.4 is 4.74 Å². The maximum absolute atomic E-state index is 11.1. The van der Waals surface area contributed by atoms with Crippen LogP contribution in [0.25, 0.3) is 0 Å². The summed E-state index contributed by atoms with van der Waals surface area (Å²) >= 11 is 0. The standard InChI is InChI=1S/C26H40O2/c1-7-8-9-10-15-25(3,4)19-16-22(27)24-20-13-11-18(2)12-14-21(20)26(5,6)28-23(24)17-19/h12,16-17,20-21,27H,7-11,13-15H2,1-6H3/t20-,21-/m1/s1. The molecule has 1 aliphatic carbocycles. The van der Waals surface area contributed by atoms with Gasteiger partial charge in [-0.25, -0.2) is 0 Å². The van der Waals surface area contributed by atoms with Gasteiger partial charge >= 0.3 is 0 Å². The Labute approximate surface area is 172 Å². The van der Waals surface area contributed by atoms with Crippen LogP contribution in [-0.2, 0) is 5.41 Å². The van der Waals surface area contributed by atoms with E-state index in [-0.39, 0.29) is 11.0 Å². The summed E-state index contributed by atoms with van der Waals surface area (Å²) in [5.74, 6) is 2.15. The molecule has 1 aliphatic heterocycles. The van der Waals surface area contributed by atoms with Crippen LogP contribution in [0, 0.1) is 5.92 Å². The fourth-order valence-corrected chi connectivity index (χ4v) is 5.25. The van der Waals surface area contributed by atoms with Crippen LogP contribution in [0.5, 0.6) is 11.5 Å². The van der Waals surface area contributed by atoms with E-state index in [2.05, 4.69) is 53.7 Å². The van der Waals surface area contributed by atoms with E-state index in [1.54, 1.807) is 0 Å². The Hall–Kier alpha value is -1.44. The Kier molecular flexibility index (Phi) is 6.17. The van der Waals surface area contributed by atoms with E-state index in [9.17, 15) is 5.11 Å². The van der Waals surface area contributed by atoms with E-state index in [4.69, 9.17) is 4.74 Å². The third kappa shape index (κ3) is 4.26. The lowest BCUT2D eigenvalue weighted by molar-refractivity contribution is 0.00963.